The highest BCUT2D eigenvalue weighted by atomic mass is 35.5. The summed E-state index contributed by atoms with van der Waals surface area (Å²) in [5, 5.41) is 17.7. The Morgan fingerprint density at radius 3 is 2.81 bits per heavy atom. The summed E-state index contributed by atoms with van der Waals surface area (Å²) >= 11 is 12.6. The van der Waals surface area contributed by atoms with E-state index in [9.17, 15) is 10.1 Å². The smallest absolute Gasteiger partial charge is 0.248 e. The molecule has 1 unspecified atom stereocenters. The number of ether oxygens (including phenoxy) is 3. The molecular weight excluding hydrogens is 591 g/mol. The van der Waals surface area contributed by atoms with Gasteiger partial charge < -0.3 is 24.8 Å². The van der Waals surface area contributed by atoms with Crippen LogP contribution in [0.4, 0.5) is 17.1 Å². The Morgan fingerprint density at radius 1 is 1.19 bits per heavy atom. The van der Waals surface area contributed by atoms with Gasteiger partial charge in [0.25, 0.3) is 0 Å². The third kappa shape index (κ3) is 7.73. The number of amides is 1. The van der Waals surface area contributed by atoms with Gasteiger partial charge in [-0.1, -0.05) is 41.4 Å². The second kappa shape index (κ2) is 14.2. The highest BCUT2D eigenvalue weighted by molar-refractivity contribution is 6.32. The number of aromatic nitrogens is 1. The SMILES string of the molecule is N#Cc1cnc2cc(OC3CCOC3)c(NC(=O)/C=C/CNN)cc2c1Nc1ccc(OCc2cccc(Cl)c2)c(Cl)c1. The second-order valence-electron chi connectivity index (χ2n) is 9.62. The first kappa shape index (κ1) is 30.1. The number of nitrogens with zero attached hydrogens (tertiary/aromatic N) is 2. The number of nitrogens with one attached hydrogen (secondary N) is 3. The maximum absolute atomic E-state index is 12.7. The fourth-order valence-corrected chi connectivity index (χ4v) is 4.90. The van der Waals surface area contributed by atoms with E-state index in [4.69, 9.17) is 43.3 Å². The van der Waals surface area contributed by atoms with E-state index in [1.54, 1.807) is 42.5 Å². The third-order valence-electron chi connectivity index (χ3n) is 6.52. The number of carbonyl (C=O) groups excluding carboxylic acids is 1. The molecule has 1 atom stereocenters. The summed E-state index contributed by atoms with van der Waals surface area (Å²) in [6.45, 7) is 1.66. The van der Waals surface area contributed by atoms with Gasteiger partial charge in [-0.05, 0) is 42.0 Å². The molecule has 220 valence electrons. The number of nitrogens with two attached hydrogens (primary N) is 1. The molecule has 1 fully saturated rings. The van der Waals surface area contributed by atoms with Crippen molar-refractivity contribution in [1.82, 2.24) is 10.4 Å². The lowest BCUT2D eigenvalue weighted by atomic mass is 10.1. The van der Waals surface area contributed by atoms with Crippen LogP contribution in [0.1, 0.15) is 17.5 Å². The van der Waals surface area contributed by atoms with E-state index in [0.29, 0.717) is 81.4 Å². The van der Waals surface area contributed by atoms with Gasteiger partial charge in [0.15, 0.2) is 0 Å². The molecule has 3 aromatic carbocycles. The molecule has 5 N–H and O–H groups in total. The molecule has 0 bridgehead atoms. The largest absolute Gasteiger partial charge is 0.487 e. The van der Waals surface area contributed by atoms with Crippen molar-refractivity contribution in [2.24, 2.45) is 5.84 Å². The Morgan fingerprint density at radius 2 is 2.07 bits per heavy atom. The van der Waals surface area contributed by atoms with Gasteiger partial charge in [0, 0.05) is 47.4 Å². The normalized spacial score (nSPS) is 14.5. The standard InChI is InChI=1S/C31H28Cl2N6O4/c32-21-4-1-3-19(11-21)17-42-28-7-6-22(12-25(28)33)38-31-20(15-34)16-36-26-14-29(43-23-8-10-41-18-23)27(13-24(26)31)39-30(40)5-2-9-37-35/h1-7,11-14,16,23,37H,8-10,17-18,35H2,(H,36,38)(H,39,40)/b5-2+. The molecule has 2 heterocycles. The number of anilines is 3. The van der Waals surface area contributed by atoms with Crippen molar-refractivity contribution < 1.29 is 19.0 Å². The summed E-state index contributed by atoms with van der Waals surface area (Å²) in [6, 6.07) is 18.3. The number of hydrazine groups is 1. The van der Waals surface area contributed by atoms with Gasteiger partial charge in [0.2, 0.25) is 5.91 Å². The fourth-order valence-electron chi connectivity index (χ4n) is 4.46. The van der Waals surface area contributed by atoms with Gasteiger partial charge in [-0.2, -0.15) is 5.26 Å². The molecule has 5 rings (SSSR count). The second-order valence-corrected chi connectivity index (χ2v) is 10.5. The van der Waals surface area contributed by atoms with Gasteiger partial charge in [-0.3, -0.25) is 21.0 Å². The van der Waals surface area contributed by atoms with E-state index in [2.05, 4.69) is 27.1 Å². The minimum Gasteiger partial charge on any atom is -0.487 e. The molecule has 4 aromatic rings. The Labute approximate surface area is 258 Å². The summed E-state index contributed by atoms with van der Waals surface area (Å²) in [4.78, 5) is 17.2. The van der Waals surface area contributed by atoms with Gasteiger partial charge >= 0.3 is 0 Å². The van der Waals surface area contributed by atoms with Gasteiger partial charge in [0.05, 0.1) is 40.7 Å². The predicted molar refractivity (Wildman–Crippen MR) is 167 cm³/mol. The quantitative estimate of drug-likeness (QED) is 0.0922. The van der Waals surface area contributed by atoms with Crippen molar-refractivity contribution in [3.05, 3.63) is 94.1 Å². The summed E-state index contributed by atoms with van der Waals surface area (Å²) in [5.41, 5.74) is 5.76. The first-order valence-corrected chi connectivity index (χ1v) is 14.1. The molecule has 1 aromatic heterocycles. The molecule has 1 aliphatic rings. The van der Waals surface area contributed by atoms with E-state index in [-0.39, 0.29) is 12.0 Å². The lowest BCUT2D eigenvalue weighted by Crippen LogP contribution is -2.22. The zero-order valence-electron chi connectivity index (χ0n) is 22.9. The van der Waals surface area contributed by atoms with Crippen molar-refractivity contribution >= 4 is 57.1 Å². The van der Waals surface area contributed by atoms with Crippen LogP contribution in [-0.4, -0.2) is 36.8 Å². The average Bonchev–Trinajstić information content (AvgIpc) is 3.51. The Hall–Kier alpha value is -4.37. The van der Waals surface area contributed by atoms with E-state index < -0.39 is 0 Å². The lowest BCUT2D eigenvalue weighted by molar-refractivity contribution is -0.111. The maximum Gasteiger partial charge on any atom is 0.248 e. The Balaban J connectivity index is 1.45. The van der Waals surface area contributed by atoms with Gasteiger partial charge in [-0.15, -0.1) is 0 Å². The minimum absolute atomic E-state index is 0.164. The van der Waals surface area contributed by atoms with Crippen LogP contribution in [0.5, 0.6) is 11.5 Å². The average molecular weight is 620 g/mol. The van der Waals surface area contributed by atoms with Crippen molar-refractivity contribution in [2.45, 2.75) is 19.1 Å². The van der Waals surface area contributed by atoms with Crippen molar-refractivity contribution in [1.29, 1.82) is 5.26 Å². The van der Waals surface area contributed by atoms with Crippen LogP contribution in [0.3, 0.4) is 0 Å². The van der Waals surface area contributed by atoms with Crippen molar-refractivity contribution in [3.8, 4) is 17.6 Å². The van der Waals surface area contributed by atoms with E-state index in [0.717, 1.165) is 12.0 Å². The topological polar surface area (TPSA) is 144 Å². The van der Waals surface area contributed by atoms with E-state index in [1.165, 1.54) is 12.3 Å². The van der Waals surface area contributed by atoms with Crippen LogP contribution in [0, 0.1) is 11.3 Å². The number of fused-ring (bicyclic) bond motifs is 1. The van der Waals surface area contributed by atoms with Crippen molar-refractivity contribution in [3.63, 3.8) is 0 Å². The van der Waals surface area contributed by atoms with Gasteiger partial charge in [0.1, 0.15) is 30.3 Å². The number of halogens is 2. The number of nitriles is 1. The predicted octanol–water partition coefficient (Wildman–Crippen LogP) is 5.86. The fraction of sp³-hybridized carbons (Fsp3) is 0.194. The van der Waals surface area contributed by atoms with Gasteiger partial charge in [-0.25, -0.2) is 0 Å². The molecule has 0 aliphatic carbocycles. The molecule has 1 aliphatic heterocycles. The van der Waals surface area contributed by atoms with Crippen LogP contribution in [0.15, 0.2) is 72.9 Å². The third-order valence-corrected chi connectivity index (χ3v) is 7.05. The zero-order chi connectivity index (χ0) is 30.2. The summed E-state index contributed by atoms with van der Waals surface area (Å²) in [6.07, 6.45) is 5.01. The molecule has 1 amide bonds. The molecule has 10 nitrogen and oxygen atoms in total. The summed E-state index contributed by atoms with van der Waals surface area (Å²) in [7, 11) is 0. The monoisotopic (exact) mass is 618 g/mol. The number of hydrogen-bond donors (Lipinski definition) is 4. The first-order chi connectivity index (χ1) is 20.9. The van der Waals surface area contributed by atoms with Crippen molar-refractivity contribution in [2.75, 3.05) is 30.4 Å². The van der Waals surface area contributed by atoms with Crippen LogP contribution in [0.25, 0.3) is 10.9 Å². The molecule has 0 spiro atoms. The van der Waals surface area contributed by atoms with Crippen LogP contribution in [0.2, 0.25) is 10.0 Å². The van der Waals surface area contributed by atoms with Crippen LogP contribution in [-0.2, 0) is 16.1 Å². The Bertz CT molecular complexity index is 1700. The summed E-state index contributed by atoms with van der Waals surface area (Å²) < 4.78 is 17.5. The molecule has 12 heteroatoms. The molecular formula is C31H28Cl2N6O4. The highest BCUT2D eigenvalue weighted by Crippen LogP contribution is 2.38. The first-order valence-electron chi connectivity index (χ1n) is 13.4. The molecule has 1 saturated heterocycles. The zero-order valence-corrected chi connectivity index (χ0v) is 24.4. The van der Waals surface area contributed by atoms with Crippen LogP contribution >= 0.6 is 23.2 Å². The Kier molecular flexibility index (Phi) is 9.94. The summed E-state index contributed by atoms with van der Waals surface area (Å²) in [5.74, 6) is 5.85. The van der Waals surface area contributed by atoms with E-state index >= 15 is 0 Å². The molecule has 0 saturated carbocycles. The number of hydrogen-bond acceptors (Lipinski definition) is 9. The number of pyridine rings is 1. The van der Waals surface area contributed by atoms with Crippen LogP contribution < -0.4 is 31.4 Å². The minimum atomic E-state index is -0.374. The highest BCUT2D eigenvalue weighted by Gasteiger charge is 2.21. The number of rotatable bonds is 11. The molecule has 0 radical (unpaired) electrons. The molecule has 43 heavy (non-hydrogen) atoms. The lowest BCUT2D eigenvalue weighted by Gasteiger charge is -2.18. The number of carbonyl (C=O) groups is 1. The van der Waals surface area contributed by atoms with E-state index in [1.807, 2.05) is 18.2 Å². The number of benzene rings is 3. The maximum atomic E-state index is 12.7.